The van der Waals surface area contributed by atoms with Gasteiger partial charge in [0, 0.05) is 11.6 Å². The largest absolute Gasteiger partial charge is 0.350 e. The Hall–Kier alpha value is -2.62. The monoisotopic (exact) mass is 324 g/mol. The number of benzene rings is 2. The van der Waals surface area contributed by atoms with E-state index in [4.69, 9.17) is 0 Å². The molecule has 0 heterocycles. The molecule has 1 atom stereocenters. The highest BCUT2D eigenvalue weighted by atomic mass is 16.2. The van der Waals surface area contributed by atoms with Gasteiger partial charge >= 0.3 is 0 Å². The van der Waals surface area contributed by atoms with E-state index in [9.17, 15) is 9.59 Å². The fourth-order valence-corrected chi connectivity index (χ4v) is 2.45. The number of nitrogens with one attached hydrogen (secondary N) is 2. The van der Waals surface area contributed by atoms with Crippen LogP contribution in [0.5, 0.6) is 0 Å². The van der Waals surface area contributed by atoms with E-state index in [-0.39, 0.29) is 17.9 Å². The summed E-state index contributed by atoms with van der Waals surface area (Å²) >= 11 is 0. The maximum atomic E-state index is 12.6. The molecule has 0 aliphatic rings. The second-order valence-corrected chi connectivity index (χ2v) is 6.10. The van der Waals surface area contributed by atoms with Gasteiger partial charge in [0.2, 0.25) is 0 Å². The van der Waals surface area contributed by atoms with Crippen LogP contribution >= 0.6 is 0 Å². The lowest BCUT2D eigenvalue weighted by atomic mass is 10.0. The van der Waals surface area contributed by atoms with Crippen LogP contribution in [0, 0.1) is 13.8 Å². The predicted molar refractivity (Wildman–Crippen MR) is 97.5 cm³/mol. The molecule has 4 nitrogen and oxygen atoms in total. The Labute approximate surface area is 143 Å². The van der Waals surface area contributed by atoms with Gasteiger partial charge in [-0.25, -0.2) is 0 Å². The van der Waals surface area contributed by atoms with E-state index in [1.807, 2.05) is 45.9 Å². The van der Waals surface area contributed by atoms with Crippen LogP contribution in [0.4, 0.5) is 5.69 Å². The summed E-state index contributed by atoms with van der Waals surface area (Å²) in [6, 6.07) is 12.8. The average molecular weight is 324 g/mol. The minimum atomic E-state index is -0.212. The number of hydrogen-bond acceptors (Lipinski definition) is 2. The zero-order valence-electron chi connectivity index (χ0n) is 14.6. The van der Waals surface area contributed by atoms with Crippen LogP contribution in [0.15, 0.2) is 42.5 Å². The molecule has 0 unspecified atom stereocenters. The Morgan fingerprint density at radius 1 is 1.00 bits per heavy atom. The third-order valence-corrected chi connectivity index (χ3v) is 4.04. The van der Waals surface area contributed by atoms with Crippen LogP contribution in [0.2, 0.25) is 0 Å². The zero-order chi connectivity index (χ0) is 17.7. The van der Waals surface area contributed by atoms with Crippen molar-refractivity contribution in [2.24, 2.45) is 0 Å². The summed E-state index contributed by atoms with van der Waals surface area (Å²) in [6.07, 6.45) is 0.850. The van der Waals surface area contributed by atoms with Gasteiger partial charge in [-0.15, -0.1) is 0 Å². The van der Waals surface area contributed by atoms with Gasteiger partial charge < -0.3 is 10.6 Å². The molecule has 0 aliphatic carbocycles. The maximum absolute atomic E-state index is 12.6. The van der Waals surface area contributed by atoms with Gasteiger partial charge in [0.15, 0.2) is 0 Å². The van der Waals surface area contributed by atoms with Crippen molar-refractivity contribution in [3.63, 3.8) is 0 Å². The molecular weight excluding hydrogens is 300 g/mol. The van der Waals surface area contributed by atoms with Gasteiger partial charge in [-0.2, -0.15) is 0 Å². The molecule has 2 aromatic rings. The molecule has 0 saturated heterocycles. The highest BCUT2D eigenvalue weighted by Gasteiger charge is 2.16. The van der Waals surface area contributed by atoms with E-state index in [0.717, 1.165) is 17.5 Å². The first-order valence-corrected chi connectivity index (χ1v) is 8.21. The van der Waals surface area contributed by atoms with Crippen molar-refractivity contribution >= 4 is 17.5 Å². The number of anilines is 1. The van der Waals surface area contributed by atoms with E-state index < -0.39 is 0 Å². The Morgan fingerprint density at radius 2 is 1.71 bits per heavy atom. The first kappa shape index (κ1) is 17.7. The molecule has 2 rings (SSSR count). The molecule has 0 bridgehead atoms. The third kappa shape index (κ3) is 4.22. The Morgan fingerprint density at radius 3 is 2.38 bits per heavy atom. The lowest BCUT2D eigenvalue weighted by molar-refractivity contribution is 0.0940. The number of aryl methyl sites for hydroxylation is 2. The van der Waals surface area contributed by atoms with Crippen molar-refractivity contribution in [2.45, 2.75) is 40.2 Å². The fraction of sp³-hybridized carbons (Fsp3) is 0.300. The molecular formula is C20H24N2O2. The van der Waals surface area contributed by atoms with Gasteiger partial charge in [0.25, 0.3) is 11.8 Å². The molecule has 0 spiro atoms. The molecule has 0 aliphatic heterocycles. The van der Waals surface area contributed by atoms with Crippen molar-refractivity contribution in [1.82, 2.24) is 5.32 Å². The van der Waals surface area contributed by atoms with E-state index in [1.54, 1.807) is 24.3 Å². The molecule has 24 heavy (non-hydrogen) atoms. The second-order valence-electron chi connectivity index (χ2n) is 6.10. The van der Waals surface area contributed by atoms with Crippen molar-refractivity contribution in [1.29, 1.82) is 0 Å². The van der Waals surface area contributed by atoms with Crippen LogP contribution in [0.25, 0.3) is 0 Å². The third-order valence-electron chi connectivity index (χ3n) is 4.04. The summed E-state index contributed by atoms with van der Waals surface area (Å²) in [7, 11) is 0. The van der Waals surface area contributed by atoms with Gasteiger partial charge in [-0.3, -0.25) is 9.59 Å². The van der Waals surface area contributed by atoms with Crippen molar-refractivity contribution < 1.29 is 9.59 Å². The minimum Gasteiger partial charge on any atom is -0.350 e. The molecule has 4 heteroatoms. The molecule has 0 saturated carbocycles. The molecule has 0 aromatic heterocycles. The maximum Gasteiger partial charge on any atom is 0.255 e. The normalized spacial score (nSPS) is 11.7. The first-order valence-electron chi connectivity index (χ1n) is 8.21. The van der Waals surface area contributed by atoms with E-state index in [1.165, 1.54) is 0 Å². The Kier molecular flexibility index (Phi) is 5.74. The van der Waals surface area contributed by atoms with Crippen LogP contribution in [-0.2, 0) is 0 Å². The SMILES string of the molecule is CC[C@H](C)NC(=O)c1ccccc1NC(=O)c1ccc(C)cc1C. The van der Waals surface area contributed by atoms with Gasteiger partial charge in [0.05, 0.1) is 11.3 Å². The van der Waals surface area contributed by atoms with Gasteiger partial charge in [0.1, 0.15) is 0 Å². The molecule has 126 valence electrons. The minimum absolute atomic E-state index is 0.0839. The Balaban J connectivity index is 2.23. The summed E-state index contributed by atoms with van der Waals surface area (Å²) in [6.45, 7) is 7.86. The topological polar surface area (TPSA) is 58.2 Å². The van der Waals surface area contributed by atoms with Crippen LogP contribution < -0.4 is 10.6 Å². The number of amides is 2. The van der Waals surface area contributed by atoms with E-state index >= 15 is 0 Å². The number of hydrogen-bond donors (Lipinski definition) is 2. The summed E-state index contributed by atoms with van der Waals surface area (Å²) < 4.78 is 0. The lowest BCUT2D eigenvalue weighted by Crippen LogP contribution is -2.32. The standard InChI is InChI=1S/C20H24N2O2/c1-5-15(4)21-20(24)17-8-6-7-9-18(17)22-19(23)16-11-10-13(2)12-14(16)3/h6-12,15H,5H2,1-4H3,(H,21,24)(H,22,23)/t15-/m0/s1. The van der Waals surface area contributed by atoms with Crippen LogP contribution in [0.3, 0.4) is 0 Å². The molecule has 2 amide bonds. The summed E-state index contributed by atoms with van der Waals surface area (Å²) in [4.78, 5) is 25.0. The van der Waals surface area contributed by atoms with Crippen molar-refractivity contribution in [3.05, 3.63) is 64.7 Å². The highest BCUT2D eigenvalue weighted by molar-refractivity contribution is 6.09. The lowest BCUT2D eigenvalue weighted by Gasteiger charge is -2.15. The average Bonchev–Trinajstić information content (AvgIpc) is 2.54. The zero-order valence-corrected chi connectivity index (χ0v) is 14.6. The van der Waals surface area contributed by atoms with Gasteiger partial charge in [-0.05, 0) is 51.0 Å². The number of para-hydroxylation sites is 1. The predicted octanol–water partition coefficient (Wildman–Crippen LogP) is 4.08. The van der Waals surface area contributed by atoms with Crippen LogP contribution in [0.1, 0.15) is 52.1 Å². The Bertz CT molecular complexity index is 753. The molecule has 2 N–H and O–H groups in total. The van der Waals surface area contributed by atoms with Crippen molar-refractivity contribution in [3.8, 4) is 0 Å². The quantitative estimate of drug-likeness (QED) is 0.870. The second kappa shape index (κ2) is 7.77. The van der Waals surface area contributed by atoms with Crippen molar-refractivity contribution in [2.75, 3.05) is 5.32 Å². The number of carbonyl (C=O) groups excluding carboxylic acids is 2. The van der Waals surface area contributed by atoms with E-state index in [0.29, 0.717) is 16.8 Å². The molecule has 2 aromatic carbocycles. The fourth-order valence-electron chi connectivity index (χ4n) is 2.45. The van der Waals surface area contributed by atoms with E-state index in [2.05, 4.69) is 10.6 Å². The van der Waals surface area contributed by atoms with Crippen LogP contribution in [-0.4, -0.2) is 17.9 Å². The highest BCUT2D eigenvalue weighted by Crippen LogP contribution is 2.18. The van der Waals surface area contributed by atoms with Gasteiger partial charge in [-0.1, -0.05) is 36.8 Å². The summed E-state index contributed by atoms with van der Waals surface area (Å²) in [5.41, 5.74) is 3.61. The summed E-state index contributed by atoms with van der Waals surface area (Å²) in [5.74, 6) is -0.392. The number of carbonyl (C=O) groups is 2. The molecule has 0 radical (unpaired) electrons. The summed E-state index contributed by atoms with van der Waals surface area (Å²) in [5, 5.41) is 5.79. The smallest absolute Gasteiger partial charge is 0.255 e. The molecule has 0 fully saturated rings. The first-order chi connectivity index (χ1) is 11.4. The number of rotatable bonds is 5.